The van der Waals surface area contributed by atoms with Crippen LogP contribution >= 0.6 is 0 Å². The van der Waals surface area contributed by atoms with Crippen molar-refractivity contribution in [2.45, 2.75) is 32.0 Å². The molecule has 0 aliphatic carbocycles. The Labute approximate surface area is 209 Å². The zero-order valence-electron chi connectivity index (χ0n) is 20.4. The number of methoxy groups -OCH3 is 1. The van der Waals surface area contributed by atoms with E-state index < -0.39 is 11.2 Å². The maximum atomic E-state index is 12.9. The molecule has 3 atom stereocenters. The summed E-state index contributed by atoms with van der Waals surface area (Å²) in [6.07, 6.45) is 3.58. The van der Waals surface area contributed by atoms with E-state index in [0.29, 0.717) is 31.8 Å². The van der Waals surface area contributed by atoms with Gasteiger partial charge in [0.25, 0.3) is 11.6 Å². The molecule has 0 saturated heterocycles. The highest BCUT2D eigenvalue weighted by Gasteiger charge is 2.37. The quantitative estimate of drug-likeness (QED) is 0.215. The number of aliphatic hydroxyl groups is 1. The molecule has 194 valence electrons. The third-order valence-electron chi connectivity index (χ3n) is 5.81. The number of anilines is 1. The van der Waals surface area contributed by atoms with Crippen LogP contribution in [0.5, 0.6) is 5.75 Å². The molecule has 0 radical (unpaired) electrons. The van der Waals surface area contributed by atoms with Crippen LogP contribution in [-0.2, 0) is 14.3 Å². The highest BCUT2D eigenvalue weighted by molar-refractivity contribution is 5.91. The third-order valence-corrected chi connectivity index (χ3v) is 5.81. The molecule has 2 aromatic rings. The molecule has 0 bridgehead atoms. The van der Waals surface area contributed by atoms with Gasteiger partial charge in [-0.15, -0.1) is 0 Å². The van der Waals surface area contributed by atoms with Gasteiger partial charge in [-0.05, 0) is 49.6 Å². The van der Waals surface area contributed by atoms with Crippen LogP contribution in [0, 0.1) is 16.0 Å². The monoisotopic (exact) mass is 500 g/mol. The summed E-state index contributed by atoms with van der Waals surface area (Å²) in [6.45, 7) is 2.97. The van der Waals surface area contributed by atoms with Crippen LogP contribution in [0.3, 0.4) is 0 Å². The molecule has 11 heteroatoms. The van der Waals surface area contributed by atoms with Gasteiger partial charge in [0.1, 0.15) is 17.8 Å². The number of nitrogens with one attached hydrogen (secondary N) is 2. The van der Waals surface area contributed by atoms with Crippen LogP contribution in [0.4, 0.5) is 11.5 Å². The zero-order chi connectivity index (χ0) is 25.9. The van der Waals surface area contributed by atoms with E-state index in [1.807, 2.05) is 31.2 Å². The first-order valence-electron chi connectivity index (χ1n) is 11.8. The van der Waals surface area contributed by atoms with E-state index in [2.05, 4.69) is 15.6 Å². The van der Waals surface area contributed by atoms with Crippen molar-refractivity contribution in [1.29, 1.82) is 0 Å². The number of amides is 1. The fourth-order valence-corrected chi connectivity index (χ4v) is 4.02. The molecule has 1 aromatic carbocycles. The normalized spacial score (nSPS) is 19.1. The average Bonchev–Trinajstić information content (AvgIpc) is 2.90. The molecule has 2 heterocycles. The molecule has 1 aromatic heterocycles. The minimum Gasteiger partial charge on any atom is -0.497 e. The van der Waals surface area contributed by atoms with Gasteiger partial charge in [0, 0.05) is 44.2 Å². The summed E-state index contributed by atoms with van der Waals surface area (Å²) in [4.78, 5) is 27.1. The Morgan fingerprint density at radius 2 is 2.00 bits per heavy atom. The van der Waals surface area contributed by atoms with Gasteiger partial charge in [0.05, 0.1) is 12.0 Å². The van der Waals surface area contributed by atoms with Gasteiger partial charge in [0.2, 0.25) is 6.29 Å². The van der Waals surface area contributed by atoms with Crippen LogP contribution in [0.2, 0.25) is 0 Å². The Balaban J connectivity index is 1.69. The summed E-state index contributed by atoms with van der Waals surface area (Å²) in [5, 5.41) is 26.0. The molecule has 1 amide bonds. The number of carbonyl (C=O) groups is 1. The third kappa shape index (κ3) is 7.15. The molecule has 3 rings (SSSR count). The molecule has 0 fully saturated rings. The number of rotatable bonds is 13. The number of pyridine rings is 1. The molecule has 0 saturated carbocycles. The van der Waals surface area contributed by atoms with Crippen molar-refractivity contribution < 1.29 is 29.0 Å². The van der Waals surface area contributed by atoms with Gasteiger partial charge in [-0.25, -0.2) is 4.98 Å². The number of aromatic nitrogens is 1. The van der Waals surface area contributed by atoms with Crippen molar-refractivity contribution in [3.05, 3.63) is 70.1 Å². The zero-order valence-corrected chi connectivity index (χ0v) is 20.4. The van der Waals surface area contributed by atoms with Gasteiger partial charge in [0.15, 0.2) is 5.76 Å². The Kier molecular flexibility index (Phi) is 10.0. The van der Waals surface area contributed by atoms with Gasteiger partial charge >= 0.3 is 0 Å². The largest absolute Gasteiger partial charge is 0.497 e. The molecule has 36 heavy (non-hydrogen) atoms. The second-order valence-corrected chi connectivity index (χ2v) is 8.14. The van der Waals surface area contributed by atoms with E-state index in [4.69, 9.17) is 14.2 Å². The van der Waals surface area contributed by atoms with Gasteiger partial charge in [-0.3, -0.25) is 14.9 Å². The fraction of sp³-hybridized carbons (Fsp3) is 0.440. The molecule has 0 spiro atoms. The Bertz CT molecular complexity index is 1030. The topological polar surface area (TPSA) is 145 Å². The van der Waals surface area contributed by atoms with Gasteiger partial charge in [-0.2, -0.15) is 0 Å². The minimum atomic E-state index is -0.637. The molecule has 0 unspecified atom stereocenters. The molecular weight excluding hydrogens is 468 g/mol. The first kappa shape index (κ1) is 26.9. The van der Waals surface area contributed by atoms with Crippen molar-refractivity contribution in [1.82, 2.24) is 10.3 Å². The van der Waals surface area contributed by atoms with E-state index in [0.717, 1.165) is 11.3 Å². The second-order valence-electron chi connectivity index (χ2n) is 8.14. The number of allylic oxidation sites excluding steroid dienone is 1. The molecule has 1 aliphatic rings. The van der Waals surface area contributed by atoms with E-state index in [1.54, 1.807) is 13.2 Å². The average molecular weight is 501 g/mol. The number of ether oxygens (including phenoxy) is 3. The number of hydrogen-bond acceptors (Lipinski definition) is 9. The highest BCUT2D eigenvalue weighted by atomic mass is 16.7. The summed E-state index contributed by atoms with van der Waals surface area (Å²) in [7, 11) is 1.60. The van der Waals surface area contributed by atoms with Crippen molar-refractivity contribution in [3.8, 4) is 5.75 Å². The van der Waals surface area contributed by atoms with Crippen LogP contribution in [0.25, 0.3) is 0 Å². The fourth-order valence-electron chi connectivity index (χ4n) is 4.02. The minimum absolute atomic E-state index is 0.0539. The summed E-state index contributed by atoms with van der Waals surface area (Å²) < 4.78 is 17.1. The van der Waals surface area contributed by atoms with Gasteiger partial charge < -0.3 is 30.0 Å². The smallest absolute Gasteiger partial charge is 0.287 e. The van der Waals surface area contributed by atoms with Gasteiger partial charge in [-0.1, -0.05) is 12.1 Å². The van der Waals surface area contributed by atoms with E-state index in [-0.39, 0.29) is 42.3 Å². The SMILES string of the molecule is CCO[C@@H]1OC(C(=O)NCCNc2ccc([N+](=O)[O-])cn2)=C[C@H](c2ccc(OC)cc2)[C@@H]1CCCO. The van der Waals surface area contributed by atoms with Crippen molar-refractivity contribution >= 4 is 17.4 Å². The predicted molar refractivity (Wildman–Crippen MR) is 133 cm³/mol. The highest BCUT2D eigenvalue weighted by Crippen LogP contribution is 2.39. The number of carbonyl (C=O) groups excluding carboxylic acids is 1. The standard InChI is InChI=1S/C25H32N4O7/c1-3-35-25-20(5-4-14-30)21(17-6-9-19(34-2)10-7-17)15-22(36-25)24(31)27-13-12-26-23-11-8-18(16-28-23)29(32)33/h6-11,15-16,20-21,25,30H,3-5,12-14H2,1-2H3,(H,26,28)(H,27,31)/t20-,21+,25+/m0/s1. The van der Waals surface area contributed by atoms with Crippen molar-refractivity contribution in [3.63, 3.8) is 0 Å². The van der Waals surface area contributed by atoms with Crippen LogP contribution in [0.1, 0.15) is 31.2 Å². The van der Waals surface area contributed by atoms with Crippen molar-refractivity contribution in [2.24, 2.45) is 5.92 Å². The number of aliphatic hydroxyl groups excluding tert-OH is 1. The van der Waals surface area contributed by atoms with Crippen LogP contribution in [0.15, 0.2) is 54.4 Å². The van der Waals surface area contributed by atoms with Crippen LogP contribution in [-0.4, -0.2) is 60.6 Å². The maximum Gasteiger partial charge on any atom is 0.287 e. The predicted octanol–water partition coefficient (Wildman–Crippen LogP) is 2.98. The van der Waals surface area contributed by atoms with Crippen LogP contribution < -0.4 is 15.4 Å². The Morgan fingerprint density at radius 3 is 2.61 bits per heavy atom. The first-order valence-corrected chi connectivity index (χ1v) is 11.8. The number of hydrogen-bond donors (Lipinski definition) is 3. The Morgan fingerprint density at radius 1 is 1.22 bits per heavy atom. The maximum absolute atomic E-state index is 12.9. The summed E-state index contributed by atoms with van der Waals surface area (Å²) in [5.41, 5.74) is 0.894. The Hall–Kier alpha value is -3.70. The van der Waals surface area contributed by atoms with E-state index in [1.165, 1.54) is 18.3 Å². The van der Waals surface area contributed by atoms with Crippen molar-refractivity contribution in [2.75, 3.05) is 38.7 Å². The van der Waals surface area contributed by atoms with E-state index in [9.17, 15) is 20.0 Å². The first-order chi connectivity index (χ1) is 17.5. The molecule has 1 aliphatic heterocycles. The summed E-state index contributed by atoms with van der Waals surface area (Å²) in [6, 6.07) is 10.5. The van der Waals surface area contributed by atoms with E-state index >= 15 is 0 Å². The molecule has 3 N–H and O–H groups in total. The lowest BCUT2D eigenvalue weighted by atomic mass is 9.80. The lowest BCUT2D eigenvalue weighted by molar-refractivity contribution is -0.385. The number of benzene rings is 1. The number of nitro groups is 1. The lowest BCUT2D eigenvalue weighted by Crippen LogP contribution is -2.39. The summed E-state index contributed by atoms with van der Waals surface area (Å²) in [5.74, 6) is 0.745. The molecular formula is C25H32N4O7. The second kappa shape index (κ2) is 13.4. The number of nitrogens with zero attached hydrogens (tertiary/aromatic N) is 2. The molecule has 11 nitrogen and oxygen atoms in total. The summed E-state index contributed by atoms with van der Waals surface area (Å²) >= 11 is 0. The lowest BCUT2D eigenvalue weighted by Gasteiger charge is -2.37.